The van der Waals surface area contributed by atoms with E-state index in [2.05, 4.69) is 46.4 Å². The minimum absolute atomic E-state index is 0.172. The van der Waals surface area contributed by atoms with Crippen molar-refractivity contribution in [3.05, 3.63) is 47.1 Å². The number of aromatic nitrogens is 5. The summed E-state index contributed by atoms with van der Waals surface area (Å²) in [6.45, 7) is 0. The summed E-state index contributed by atoms with van der Waals surface area (Å²) in [5.74, 6) is 0.490. The van der Waals surface area contributed by atoms with Crippen LogP contribution in [0.1, 0.15) is 0 Å². The maximum Gasteiger partial charge on any atom is 0.236 e. The Balaban J connectivity index is 1.46. The van der Waals surface area contributed by atoms with Crippen LogP contribution in [0.4, 0.5) is 5.82 Å². The molecule has 0 atom stereocenters. The lowest BCUT2D eigenvalue weighted by atomic mass is 10.2. The largest absolute Gasteiger partial charge is 0.338 e. The van der Waals surface area contributed by atoms with Gasteiger partial charge in [-0.3, -0.25) is 4.79 Å². The topological polar surface area (TPSA) is 96.5 Å². The van der Waals surface area contributed by atoms with Gasteiger partial charge in [-0.15, -0.1) is 10.2 Å². The molecule has 0 aliphatic heterocycles. The van der Waals surface area contributed by atoms with Crippen molar-refractivity contribution >= 4 is 61.5 Å². The van der Waals surface area contributed by atoms with Gasteiger partial charge >= 0.3 is 0 Å². The second kappa shape index (κ2) is 6.77. The number of halogens is 1. The number of nitrogens with zero attached hydrogens (tertiary/aromatic N) is 4. The third-order valence-corrected chi connectivity index (χ3v) is 4.74. The molecule has 0 aliphatic carbocycles. The quantitative estimate of drug-likeness (QED) is 0.496. The zero-order valence-corrected chi connectivity index (χ0v) is 15.1. The number of carbonyl (C=O) groups excluding carboxylic acids is 1. The standard InChI is InChI=1S/C16H11BrN6OS/c17-9-5-6-12(18-7-9)20-13(24)8-25-16-21-15-14(22-23-16)10-3-1-2-4-11(10)19-15/h1-7H,8H2,(H,18,20,24)(H,19,21,23). The Kier molecular flexibility index (Phi) is 4.33. The van der Waals surface area contributed by atoms with Gasteiger partial charge < -0.3 is 10.3 Å². The predicted molar refractivity (Wildman–Crippen MR) is 100 cm³/mol. The van der Waals surface area contributed by atoms with Crippen molar-refractivity contribution in [3.63, 3.8) is 0 Å². The lowest BCUT2D eigenvalue weighted by Gasteiger charge is -2.03. The molecule has 4 rings (SSSR count). The Morgan fingerprint density at radius 2 is 2.08 bits per heavy atom. The van der Waals surface area contributed by atoms with Crippen LogP contribution in [0.25, 0.3) is 22.1 Å². The lowest BCUT2D eigenvalue weighted by Crippen LogP contribution is -2.15. The van der Waals surface area contributed by atoms with Crippen molar-refractivity contribution in [1.29, 1.82) is 0 Å². The second-order valence-electron chi connectivity index (χ2n) is 5.16. The van der Waals surface area contributed by atoms with Gasteiger partial charge in [-0.1, -0.05) is 30.0 Å². The van der Waals surface area contributed by atoms with E-state index in [-0.39, 0.29) is 11.7 Å². The summed E-state index contributed by atoms with van der Waals surface area (Å²) in [6.07, 6.45) is 1.62. The summed E-state index contributed by atoms with van der Waals surface area (Å²) in [5, 5.41) is 12.5. The van der Waals surface area contributed by atoms with E-state index in [4.69, 9.17) is 0 Å². The normalized spacial score (nSPS) is 11.1. The number of nitrogens with one attached hydrogen (secondary N) is 2. The van der Waals surface area contributed by atoms with E-state index < -0.39 is 0 Å². The monoisotopic (exact) mass is 414 g/mol. The average Bonchev–Trinajstić information content (AvgIpc) is 3.00. The number of para-hydroxylation sites is 1. The number of aromatic amines is 1. The highest BCUT2D eigenvalue weighted by molar-refractivity contribution is 9.10. The van der Waals surface area contributed by atoms with Gasteiger partial charge in [0.15, 0.2) is 5.65 Å². The second-order valence-corrected chi connectivity index (χ2v) is 7.02. The molecule has 0 unspecified atom stereocenters. The van der Waals surface area contributed by atoms with E-state index in [0.717, 1.165) is 20.9 Å². The smallest absolute Gasteiger partial charge is 0.236 e. The Morgan fingerprint density at radius 1 is 1.20 bits per heavy atom. The van der Waals surface area contributed by atoms with Crippen LogP contribution in [0.3, 0.4) is 0 Å². The van der Waals surface area contributed by atoms with Gasteiger partial charge in [-0.2, -0.15) is 0 Å². The number of anilines is 1. The number of pyridine rings is 1. The molecule has 0 fully saturated rings. The van der Waals surface area contributed by atoms with Crippen molar-refractivity contribution in [3.8, 4) is 0 Å². The third-order valence-electron chi connectivity index (χ3n) is 3.43. The molecule has 0 aliphatic rings. The first-order valence-corrected chi connectivity index (χ1v) is 9.12. The van der Waals surface area contributed by atoms with Gasteiger partial charge in [-0.05, 0) is 34.1 Å². The van der Waals surface area contributed by atoms with Gasteiger partial charge in [0.1, 0.15) is 11.3 Å². The molecular weight excluding hydrogens is 404 g/mol. The average molecular weight is 415 g/mol. The summed E-state index contributed by atoms with van der Waals surface area (Å²) in [5.41, 5.74) is 2.35. The van der Waals surface area contributed by atoms with Crippen LogP contribution in [0.15, 0.2) is 52.2 Å². The molecule has 4 aromatic rings. The van der Waals surface area contributed by atoms with Gasteiger partial charge in [0.25, 0.3) is 0 Å². The number of H-pyrrole nitrogens is 1. The van der Waals surface area contributed by atoms with Crippen LogP contribution in [-0.4, -0.2) is 36.8 Å². The van der Waals surface area contributed by atoms with E-state index in [1.165, 1.54) is 11.8 Å². The molecule has 3 heterocycles. The fourth-order valence-corrected chi connectivity index (χ4v) is 3.15. The molecule has 0 bridgehead atoms. The number of thioether (sulfide) groups is 1. The van der Waals surface area contributed by atoms with Crippen LogP contribution in [0.2, 0.25) is 0 Å². The highest BCUT2D eigenvalue weighted by atomic mass is 79.9. The number of fused-ring (bicyclic) bond motifs is 3. The van der Waals surface area contributed by atoms with E-state index in [1.54, 1.807) is 12.3 Å². The molecular formula is C16H11BrN6OS. The van der Waals surface area contributed by atoms with Crippen LogP contribution in [-0.2, 0) is 4.79 Å². The zero-order chi connectivity index (χ0) is 17.2. The van der Waals surface area contributed by atoms with Crippen molar-refractivity contribution in [1.82, 2.24) is 25.1 Å². The SMILES string of the molecule is O=C(CSc1nnc2c(n1)[nH]c1ccccc12)Nc1ccc(Br)cn1. The molecule has 2 N–H and O–H groups in total. The highest BCUT2D eigenvalue weighted by Crippen LogP contribution is 2.23. The number of amides is 1. The maximum atomic E-state index is 12.0. The first kappa shape index (κ1) is 16.0. The summed E-state index contributed by atoms with van der Waals surface area (Å²) < 4.78 is 0.853. The molecule has 124 valence electrons. The molecule has 25 heavy (non-hydrogen) atoms. The van der Waals surface area contributed by atoms with Gasteiger partial charge in [-0.25, -0.2) is 9.97 Å². The first-order chi connectivity index (χ1) is 12.2. The zero-order valence-electron chi connectivity index (χ0n) is 12.7. The molecule has 1 amide bonds. The van der Waals surface area contributed by atoms with Crippen molar-refractivity contribution < 1.29 is 4.79 Å². The van der Waals surface area contributed by atoms with Crippen molar-refractivity contribution in [2.75, 3.05) is 11.1 Å². The molecule has 7 nitrogen and oxygen atoms in total. The predicted octanol–water partition coefficient (Wildman–Crippen LogP) is 3.39. The Bertz CT molecular complexity index is 1070. The summed E-state index contributed by atoms with van der Waals surface area (Å²) >= 11 is 4.52. The fourth-order valence-electron chi connectivity index (χ4n) is 2.33. The molecule has 1 aromatic carbocycles. The van der Waals surface area contributed by atoms with Crippen LogP contribution in [0.5, 0.6) is 0 Å². The van der Waals surface area contributed by atoms with Crippen molar-refractivity contribution in [2.45, 2.75) is 5.16 Å². The molecule has 0 saturated heterocycles. The van der Waals surface area contributed by atoms with Crippen LogP contribution < -0.4 is 5.32 Å². The van der Waals surface area contributed by atoms with Gasteiger partial charge in [0.05, 0.1) is 5.75 Å². The number of rotatable bonds is 4. The summed E-state index contributed by atoms with van der Waals surface area (Å²) in [6, 6.07) is 11.4. The maximum absolute atomic E-state index is 12.0. The number of hydrogen-bond acceptors (Lipinski definition) is 6. The summed E-state index contributed by atoms with van der Waals surface area (Å²) in [7, 11) is 0. The number of hydrogen-bond donors (Lipinski definition) is 2. The molecule has 9 heteroatoms. The van der Waals surface area contributed by atoms with Crippen LogP contribution in [0, 0.1) is 0 Å². The Morgan fingerprint density at radius 3 is 2.92 bits per heavy atom. The first-order valence-electron chi connectivity index (χ1n) is 7.34. The third kappa shape index (κ3) is 3.47. The van der Waals surface area contributed by atoms with E-state index >= 15 is 0 Å². The fraction of sp³-hybridized carbons (Fsp3) is 0.0625. The summed E-state index contributed by atoms with van der Waals surface area (Å²) in [4.78, 5) is 23.8. The Hall–Kier alpha value is -2.52. The Labute approximate surface area is 154 Å². The van der Waals surface area contributed by atoms with E-state index in [1.807, 2.05) is 30.3 Å². The molecule has 0 radical (unpaired) electrons. The van der Waals surface area contributed by atoms with Crippen molar-refractivity contribution in [2.24, 2.45) is 0 Å². The molecule has 3 aromatic heterocycles. The molecule has 0 saturated carbocycles. The minimum Gasteiger partial charge on any atom is -0.338 e. The highest BCUT2D eigenvalue weighted by Gasteiger charge is 2.11. The van der Waals surface area contributed by atoms with Gasteiger partial charge in [0.2, 0.25) is 11.1 Å². The van der Waals surface area contributed by atoms with Gasteiger partial charge in [0, 0.05) is 21.6 Å². The number of carbonyl (C=O) groups is 1. The van der Waals surface area contributed by atoms with Crippen LogP contribution >= 0.6 is 27.7 Å². The lowest BCUT2D eigenvalue weighted by molar-refractivity contribution is -0.113. The van der Waals surface area contributed by atoms with E-state index in [9.17, 15) is 4.79 Å². The molecule has 0 spiro atoms. The minimum atomic E-state index is -0.180. The number of benzene rings is 1. The van der Waals surface area contributed by atoms with E-state index in [0.29, 0.717) is 16.6 Å².